The monoisotopic (exact) mass is 291 g/mol. The third kappa shape index (κ3) is 5.69. The Balaban J connectivity index is 1.74. The summed E-state index contributed by atoms with van der Waals surface area (Å²) in [5.41, 5.74) is 2.25. The molecule has 0 amide bonds. The average molecular weight is 291 g/mol. The van der Waals surface area contributed by atoms with Gasteiger partial charge >= 0.3 is 0 Å². The highest BCUT2D eigenvalue weighted by Crippen LogP contribution is 2.04. The summed E-state index contributed by atoms with van der Waals surface area (Å²) in [4.78, 5) is 2.24. The van der Waals surface area contributed by atoms with E-state index in [-0.39, 0.29) is 5.54 Å². The van der Waals surface area contributed by atoms with E-state index in [1.165, 1.54) is 5.56 Å². The summed E-state index contributed by atoms with van der Waals surface area (Å²) >= 11 is 0. The summed E-state index contributed by atoms with van der Waals surface area (Å²) in [6, 6.07) is 1.99. The van der Waals surface area contributed by atoms with Gasteiger partial charge in [0.15, 0.2) is 0 Å². The molecule has 2 heterocycles. The summed E-state index contributed by atoms with van der Waals surface area (Å²) < 4.78 is 6.97. The molecule has 0 unspecified atom stereocenters. The Kier molecular flexibility index (Phi) is 5.14. The lowest BCUT2D eigenvalue weighted by molar-refractivity contribution is 0.303. The highest BCUT2D eigenvalue weighted by Gasteiger charge is 2.10. The van der Waals surface area contributed by atoms with E-state index < -0.39 is 0 Å². The van der Waals surface area contributed by atoms with Crippen molar-refractivity contribution in [1.82, 2.24) is 25.2 Å². The minimum atomic E-state index is 0.0919. The Morgan fingerprint density at radius 2 is 2.19 bits per heavy atom. The Morgan fingerprint density at radius 3 is 2.86 bits per heavy atom. The van der Waals surface area contributed by atoms with Crippen molar-refractivity contribution in [3.05, 3.63) is 36.0 Å². The Hall–Kier alpha value is -1.66. The maximum absolute atomic E-state index is 5.07. The van der Waals surface area contributed by atoms with E-state index in [0.717, 1.165) is 31.9 Å². The molecule has 0 saturated carbocycles. The number of furan rings is 1. The maximum atomic E-state index is 5.07. The second-order valence-corrected chi connectivity index (χ2v) is 6.45. The third-order valence-corrected chi connectivity index (χ3v) is 3.13. The first-order valence-corrected chi connectivity index (χ1v) is 7.26. The molecule has 2 rings (SSSR count). The third-order valence-electron chi connectivity index (χ3n) is 3.13. The van der Waals surface area contributed by atoms with Crippen LogP contribution in [0.3, 0.4) is 0 Å². The van der Waals surface area contributed by atoms with Gasteiger partial charge < -0.3 is 14.6 Å². The van der Waals surface area contributed by atoms with Crippen LogP contribution in [0.25, 0.3) is 0 Å². The molecule has 0 fully saturated rings. The first-order valence-electron chi connectivity index (χ1n) is 7.26. The highest BCUT2D eigenvalue weighted by atomic mass is 16.3. The lowest BCUT2D eigenvalue weighted by Crippen LogP contribution is -2.35. The van der Waals surface area contributed by atoms with E-state index >= 15 is 0 Å². The number of rotatable bonds is 7. The van der Waals surface area contributed by atoms with Crippen molar-refractivity contribution in [1.29, 1.82) is 0 Å². The lowest BCUT2D eigenvalue weighted by Gasteiger charge is -2.19. The SMILES string of the molecule is CN(CCn1cc(CNC(C)(C)C)nn1)Cc1ccoc1. The molecule has 0 spiro atoms. The van der Waals surface area contributed by atoms with Gasteiger partial charge in [0.1, 0.15) is 0 Å². The van der Waals surface area contributed by atoms with Crippen LogP contribution in [-0.2, 0) is 19.6 Å². The minimum absolute atomic E-state index is 0.0919. The molecule has 0 aliphatic carbocycles. The van der Waals surface area contributed by atoms with Gasteiger partial charge in [0, 0.05) is 36.9 Å². The van der Waals surface area contributed by atoms with Crippen LogP contribution in [0.4, 0.5) is 0 Å². The van der Waals surface area contributed by atoms with Crippen LogP contribution in [0, 0.1) is 0 Å². The molecule has 0 radical (unpaired) electrons. The molecular formula is C15H25N5O. The smallest absolute Gasteiger partial charge is 0.0965 e. The van der Waals surface area contributed by atoms with Gasteiger partial charge in [-0.1, -0.05) is 5.21 Å². The van der Waals surface area contributed by atoms with Gasteiger partial charge in [-0.2, -0.15) is 0 Å². The van der Waals surface area contributed by atoms with E-state index in [9.17, 15) is 0 Å². The molecule has 2 aromatic heterocycles. The van der Waals surface area contributed by atoms with Gasteiger partial charge in [0.25, 0.3) is 0 Å². The number of nitrogens with one attached hydrogen (secondary N) is 1. The fourth-order valence-corrected chi connectivity index (χ4v) is 1.93. The van der Waals surface area contributed by atoms with E-state index in [1.807, 2.05) is 16.9 Å². The molecular weight excluding hydrogens is 266 g/mol. The lowest BCUT2D eigenvalue weighted by atomic mass is 10.1. The maximum Gasteiger partial charge on any atom is 0.0965 e. The predicted molar refractivity (Wildman–Crippen MR) is 81.7 cm³/mol. The van der Waals surface area contributed by atoms with E-state index in [1.54, 1.807) is 12.5 Å². The number of hydrogen-bond acceptors (Lipinski definition) is 5. The van der Waals surface area contributed by atoms with Gasteiger partial charge in [-0.3, -0.25) is 4.68 Å². The van der Waals surface area contributed by atoms with Crippen LogP contribution in [0.1, 0.15) is 32.0 Å². The molecule has 0 aliphatic heterocycles. The quantitative estimate of drug-likeness (QED) is 0.844. The van der Waals surface area contributed by atoms with Crippen molar-refractivity contribution in [2.75, 3.05) is 13.6 Å². The Bertz CT molecular complexity index is 527. The van der Waals surface area contributed by atoms with E-state index in [4.69, 9.17) is 4.42 Å². The van der Waals surface area contributed by atoms with Crippen molar-refractivity contribution in [3.8, 4) is 0 Å². The Labute approximate surface area is 126 Å². The molecule has 6 heteroatoms. The molecule has 0 saturated heterocycles. The second kappa shape index (κ2) is 6.87. The summed E-state index contributed by atoms with van der Waals surface area (Å²) in [6.45, 7) is 9.79. The van der Waals surface area contributed by atoms with E-state index in [0.29, 0.717) is 0 Å². The van der Waals surface area contributed by atoms with Gasteiger partial charge in [0.05, 0.1) is 24.8 Å². The molecule has 1 N–H and O–H groups in total. The molecule has 116 valence electrons. The zero-order valence-electron chi connectivity index (χ0n) is 13.3. The van der Waals surface area contributed by atoms with Crippen LogP contribution in [-0.4, -0.2) is 39.0 Å². The Morgan fingerprint density at radius 1 is 1.38 bits per heavy atom. The molecule has 0 bridgehead atoms. The van der Waals surface area contributed by atoms with Crippen molar-refractivity contribution in [2.45, 2.75) is 45.9 Å². The van der Waals surface area contributed by atoms with Gasteiger partial charge in [0.2, 0.25) is 0 Å². The number of aromatic nitrogens is 3. The molecule has 2 aromatic rings. The molecule has 0 aliphatic rings. The summed E-state index contributed by atoms with van der Waals surface area (Å²) in [6.07, 6.45) is 5.49. The average Bonchev–Trinajstić information content (AvgIpc) is 3.04. The first kappa shape index (κ1) is 15.7. The normalized spacial score (nSPS) is 12.2. The van der Waals surface area contributed by atoms with Crippen LogP contribution in [0.2, 0.25) is 0 Å². The van der Waals surface area contributed by atoms with Gasteiger partial charge in [-0.15, -0.1) is 5.10 Å². The zero-order valence-corrected chi connectivity index (χ0v) is 13.3. The first-order chi connectivity index (χ1) is 9.92. The topological polar surface area (TPSA) is 59.1 Å². The van der Waals surface area contributed by atoms with Crippen LogP contribution in [0.15, 0.2) is 29.2 Å². The highest BCUT2D eigenvalue weighted by molar-refractivity contribution is 5.04. The van der Waals surface area contributed by atoms with Crippen molar-refractivity contribution >= 4 is 0 Å². The fourth-order valence-electron chi connectivity index (χ4n) is 1.93. The summed E-state index contributed by atoms with van der Waals surface area (Å²) in [5.74, 6) is 0. The second-order valence-electron chi connectivity index (χ2n) is 6.45. The largest absolute Gasteiger partial charge is 0.472 e. The summed E-state index contributed by atoms with van der Waals surface area (Å²) in [7, 11) is 2.09. The van der Waals surface area contributed by atoms with E-state index in [2.05, 4.69) is 48.3 Å². The number of hydrogen-bond donors (Lipinski definition) is 1. The molecule has 21 heavy (non-hydrogen) atoms. The van der Waals surface area contributed by atoms with Crippen molar-refractivity contribution < 1.29 is 4.42 Å². The predicted octanol–water partition coefficient (Wildman–Crippen LogP) is 1.89. The van der Waals surface area contributed by atoms with Gasteiger partial charge in [-0.05, 0) is 33.9 Å². The standard InChI is InChI=1S/C15H25N5O/c1-15(2,3)16-9-14-11-20(18-17-14)7-6-19(4)10-13-5-8-21-12-13/h5,8,11-12,16H,6-7,9-10H2,1-4H3. The van der Waals surface area contributed by atoms with Crippen LogP contribution < -0.4 is 5.32 Å². The van der Waals surface area contributed by atoms with Crippen LogP contribution in [0.5, 0.6) is 0 Å². The molecule has 0 aromatic carbocycles. The van der Waals surface area contributed by atoms with Gasteiger partial charge in [-0.25, -0.2) is 0 Å². The van der Waals surface area contributed by atoms with Crippen molar-refractivity contribution in [2.24, 2.45) is 0 Å². The van der Waals surface area contributed by atoms with Crippen LogP contribution >= 0.6 is 0 Å². The zero-order chi connectivity index (χ0) is 15.3. The number of likely N-dealkylation sites (N-methyl/N-ethyl adjacent to an activating group) is 1. The minimum Gasteiger partial charge on any atom is -0.472 e. The fraction of sp³-hybridized carbons (Fsp3) is 0.600. The van der Waals surface area contributed by atoms with Crippen molar-refractivity contribution in [3.63, 3.8) is 0 Å². The molecule has 0 atom stereocenters. The molecule has 6 nitrogen and oxygen atoms in total. The summed E-state index contributed by atoms with van der Waals surface area (Å²) in [5, 5.41) is 11.8. The number of nitrogens with zero attached hydrogens (tertiary/aromatic N) is 4.